The highest BCUT2D eigenvalue weighted by Gasteiger charge is 2.22. The number of piperazine rings is 1. The number of unbranched alkanes of at least 4 members (excludes halogenated alkanes) is 1. The van der Waals surface area contributed by atoms with Crippen LogP contribution >= 0.6 is 11.8 Å². The maximum Gasteiger partial charge on any atom is 0.407 e. The number of carbonyl (C=O) groups excluding carboxylic acids is 1. The van der Waals surface area contributed by atoms with Gasteiger partial charge in [0.25, 0.3) is 0 Å². The van der Waals surface area contributed by atoms with Crippen LogP contribution in [-0.4, -0.2) is 67.9 Å². The minimum absolute atomic E-state index is 0.271. The first-order valence-electron chi connectivity index (χ1n) is 12.5. The van der Waals surface area contributed by atoms with Gasteiger partial charge in [-0.05, 0) is 61.7 Å². The van der Waals surface area contributed by atoms with Crippen molar-refractivity contribution in [2.24, 2.45) is 5.73 Å². The molecule has 3 aromatic rings. The van der Waals surface area contributed by atoms with Crippen LogP contribution in [0.4, 0.5) is 10.5 Å². The van der Waals surface area contributed by atoms with E-state index in [9.17, 15) is 4.79 Å². The molecule has 2 N–H and O–H groups in total. The van der Waals surface area contributed by atoms with Gasteiger partial charge in [0, 0.05) is 60.0 Å². The number of thioether (sulfide) groups is 1. The fraction of sp³-hybridized carbons (Fsp3) is 0.407. The summed E-state index contributed by atoms with van der Waals surface area (Å²) in [7, 11) is 0. The van der Waals surface area contributed by atoms with Crippen molar-refractivity contribution in [3.63, 3.8) is 0 Å². The molecule has 1 saturated heterocycles. The molecule has 0 atom stereocenters. The lowest BCUT2D eigenvalue weighted by atomic mass is 10.1. The fourth-order valence-corrected chi connectivity index (χ4v) is 5.82. The molecule has 0 radical (unpaired) electrons. The smallest absolute Gasteiger partial charge is 0.407 e. The van der Waals surface area contributed by atoms with Crippen LogP contribution in [0.15, 0.2) is 53.4 Å². The number of anilines is 1. The number of carbonyl (C=O) groups is 1. The molecule has 1 fully saturated rings. The molecule has 0 spiro atoms. The third kappa shape index (κ3) is 6.14. The number of aromatic nitrogens is 1. The maximum absolute atomic E-state index is 10.7. The van der Waals surface area contributed by atoms with Gasteiger partial charge in [-0.3, -0.25) is 4.90 Å². The van der Waals surface area contributed by atoms with Gasteiger partial charge in [-0.15, -0.1) is 11.8 Å². The molecule has 9 heteroatoms. The SMILES string of the molecule is NC(=O)OCOc1ccc2ccc(OCCCCN3CCN(c4cccc5c4CCS5)CC3)cc2n1. The molecule has 190 valence electrons. The number of rotatable bonds is 10. The Kier molecular flexibility index (Phi) is 7.98. The summed E-state index contributed by atoms with van der Waals surface area (Å²) < 4.78 is 15.9. The van der Waals surface area contributed by atoms with E-state index in [1.807, 2.05) is 36.0 Å². The zero-order valence-electron chi connectivity index (χ0n) is 20.4. The first-order valence-corrected chi connectivity index (χ1v) is 13.4. The predicted octanol–water partition coefficient (Wildman–Crippen LogP) is 4.30. The van der Waals surface area contributed by atoms with Crippen molar-refractivity contribution in [1.82, 2.24) is 9.88 Å². The van der Waals surface area contributed by atoms with Gasteiger partial charge < -0.3 is 24.8 Å². The van der Waals surface area contributed by atoms with E-state index < -0.39 is 6.09 Å². The Morgan fingerprint density at radius 1 is 1.03 bits per heavy atom. The summed E-state index contributed by atoms with van der Waals surface area (Å²) in [5.41, 5.74) is 8.70. The predicted molar refractivity (Wildman–Crippen MR) is 142 cm³/mol. The van der Waals surface area contributed by atoms with Crippen molar-refractivity contribution >= 4 is 34.4 Å². The van der Waals surface area contributed by atoms with Gasteiger partial charge in [-0.25, -0.2) is 9.78 Å². The molecule has 2 aliphatic heterocycles. The zero-order chi connectivity index (χ0) is 24.7. The Morgan fingerprint density at radius 3 is 2.75 bits per heavy atom. The Balaban J connectivity index is 1.03. The van der Waals surface area contributed by atoms with Crippen molar-refractivity contribution in [1.29, 1.82) is 0 Å². The Labute approximate surface area is 215 Å². The number of pyridine rings is 1. The van der Waals surface area contributed by atoms with Crippen molar-refractivity contribution in [2.45, 2.75) is 24.2 Å². The van der Waals surface area contributed by atoms with E-state index in [1.54, 1.807) is 11.6 Å². The number of primary amides is 1. The lowest BCUT2D eigenvalue weighted by Gasteiger charge is -2.37. The average Bonchev–Trinajstić information content (AvgIpc) is 3.38. The van der Waals surface area contributed by atoms with Crippen LogP contribution in [0.5, 0.6) is 11.6 Å². The molecule has 3 heterocycles. The van der Waals surface area contributed by atoms with Gasteiger partial charge in [0.15, 0.2) is 0 Å². The van der Waals surface area contributed by atoms with Crippen LogP contribution in [0.1, 0.15) is 18.4 Å². The summed E-state index contributed by atoms with van der Waals surface area (Å²) in [5, 5.41) is 0.976. The molecule has 1 aromatic heterocycles. The van der Waals surface area contributed by atoms with E-state index in [-0.39, 0.29) is 6.79 Å². The number of nitrogens with zero attached hydrogens (tertiary/aromatic N) is 3. The first-order chi connectivity index (χ1) is 17.7. The van der Waals surface area contributed by atoms with E-state index in [0.717, 1.165) is 62.2 Å². The highest BCUT2D eigenvalue weighted by Crippen LogP contribution is 2.37. The first kappa shape index (κ1) is 24.5. The lowest BCUT2D eigenvalue weighted by Crippen LogP contribution is -2.47. The summed E-state index contributed by atoms with van der Waals surface area (Å²) in [5.74, 6) is 2.35. The normalized spacial score (nSPS) is 15.6. The largest absolute Gasteiger partial charge is 0.494 e. The lowest BCUT2D eigenvalue weighted by molar-refractivity contribution is 0.0631. The molecule has 2 aromatic carbocycles. The third-order valence-electron chi connectivity index (χ3n) is 6.61. The number of fused-ring (bicyclic) bond motifs is 2. The monoisotopic (exact) mass is 508 g/mol. The molecular formula is C27H32N4O4S. The number of amides is 1. The minimum atomic E-state index is -0.886. The van der Waals surface area contributed by atoms with Crippen LogP contribution in [0.25, 0.3) is 10.9 Å². The molecule has 0 saturated carbocycles. The summed E-state index contributed by atoms with van der Waals surface area (Å²) in [6.07, 6.45) is 2.43. The number of nitrogens with two attached hydrogens (primary N) is 1. The quantitative estimate of drug-likeness (QED) is 0.320. The molecule has 8 nitrogen and oxygen atoms in total. The van der Waals surface area contributed by atoms with Crippen LogP contribution < -0.4 is 20.1 Å². The molecular weight excluding hydrogens is 476 g/mol. The van der Waals surface area contributed by atoms with E-state index in [1.165, 1.54) is 22.8 Å². The molecule has 5 rings (SSSR count). The number of hydrogen-bond acceptors (Lipinski definition) is 8. The Bertz CT molecular complexity index is 1200. The van der Waals surface area contributed by atoms with Crippen molar-refractivity contribution in [3.8, 4) is 11.6 Å². The summed E-state index contributed by atoms with van der Waals surface area (Å²) in [6.45, 7) is 5.93. The Hall–Kier alpha value is -3.17. The highest BCUT2D eigenvalue weighted by atomic mass is 32.2. The standard InChI is InChI=1S/C27H32N4O4S/c28-27(32)35-19-34-26-9-7-20-6-8-21(18-23(20)29-26)33-16-2-1-11-30-12-14-31(15-13-30)24-4-3-5-25-22(24)10-17-36-25/h3-9,18H,1-2,10-17,19H2,(H2,28,32). The van der Waals surface area contributed by atoms with Crippen LogP contribution in [0.2, 0.25) is 0 Å². The van der Waals surface area contributed by atoms with Crippen molar-refractivity contribution < 1.29 is 19.0 Å². The zero-order valence-corrected chi connectivity index (χ0v) is 21.2. The molecule has 36 heavy (non-hydrogen) atoms. The summed E-state index contributed by atoms with van der Waals surface area (Å²) in [6, 6.07) is 16.2. The van der Waals surface area contributed by atoms with E-state index >= 15 is 0 Å². The van der Waals surface area contributed by atoms with Crippen LogP contribution in [0.3, 0.4) is 0 Å². The highest BCUT2D eigenvalue weighted by molar-refractivity contribution is 7.99. The van der Waals surface area contributed by atoms with Gasteiger partial charge >= 0.3 is 6.09 Å². The molecule has 0 aliphatic carbocycles. The van der Waals surface area contributed by atoms with Gasteiger partial charge in [-0.2, -0.15) is 0 Å². The second-order valence-electron chi connectivity index (χ2n) is 8.97. The van der Waals surface area contributed by atoms with Crippen molar-refractivity contribution in [3.05, 3.63) is 54.1 Å². The van der Waals surface area contributed by atoms with Gasteiger partial charge in [0.2, 0.25) is 12.7 Å². The fourth-order valence-electron chi connectivity index (χ4n) is 4.74. The van der Waals surface area contributed by atoms with E-state index in [2.05, 4.69) is 37.7 Å². The molecule has 0 bridgehead atoms. The third-order valence-corrected chi connectivity index (χ3v) is 7.72. The number of ether oxygens (including phenoxy) is 3. The van der Waals surface area contributed by atoms with Crippen molar-refractivity contribution in [2.75, 3.05) is 56.8 Å². The van der Waals surface area contributed by atoms with Crippen LogP contribution in [-0.2, 0) is 11.2 Å². The average molecular weight is 509 g/mol. The van der Waals surface area contributed by atoms with E-state index in [0.29, 0.717) is 12.5 Å². The van der Waals surface area contributed by atoms with Gasteiger partial charge in [0.1, 0.15) is 5.75 Å². The number of benzene rings is 2. The topological polar surface area (TPSA) is 90.2 Å². The molecule has 1 amide bonds. The van der Waals surface area contributed by atoms with Crippen LogP contribution in [0, 0.1) is 0 Å². The maximum atomic E-state index is 10.7. The minimum Gasteiger partial charge on any atom is -0.494 e. The summed E-state index contributed by atoms with van der Waals surface area (Å²) in [4.78, 5) is 21.7. The Morgan fingerprint density at radius 2 is 1.89 bits per heavy atom. The second-order valence-corrected chi connectivity index (χ2v) is 10.1. The molecule has 2 aliphatic rings. The van der Waals surface area contributed by atoms with E-state index in [4.69, 9.17) is 15.2 Å². The van der Waals surface area contributed by atoms with Gasteiger partial charge in [0.05, 0.1) is 12.1 Å². The summed E-state index contributed by atoms with van der Waals surface area (Å²) >= 11 is 1.99. The second kappa shape index (κ2) is 11.7. The van der Waals surface area contributed by atoms with Gasteiger partial charge in [-0.1, -0.05) is 6.07 Å². The number of hydrogen-bond donors (Lipinski definition) is 1. The molecule has 0 unspecified atom stereocenters.